The van der Waals surface area contributed by atoms with E-state index in [2.05, 4.69) is 5.32 Å². The summed E-state index contributed by atoms with van der Waals surface area (Å²) in [5, 5.41) is 13.6. The summed E-state index contributed by atoms with van der Waals surface area (Å²) in [4.78, 5) is 23.4. The first-order valence-electron chi connectivity index (χ1n) is 10.2. The number of non-ortho nitro benzene ring substituents is 1. The van der Waals surface area contributed by atoms with Crippen molar-refractivity contribution in [2.75, 3.05) is 29.9 Å². The number of anilines is 2. The summed E-state index contributed by atoms with van der Waals surface area (Å²) in [5.41, 5.74) is 0.0729. The summed E-state index contributed by atoms with van der Waals surface area (Å²) in [5.74, 6) is -0.0000326. The SMILES string of the molecule is CCOc1ccc(S(=O)(=O)N(CC(=O)Nc2cc([N+](=O)[O-])ccc2OC)c2ccccc2)cc1. The van der Waals surface area contributed by atoms with Gasteiger partial charge in [0.1, 0.15) is 18.0 Å². The van der Waals surface area contributed by atoms with Crippen LogP contribution in [0.25, 0.3) is 0 Å². The lowest BCUT2D eigenvalue weighted by Gasteiger charge is -2.24. The monoisotopic (exact) mass is 485 g/mol. The number of nitrogens with zero attached hydrogens (tertiary/aromatic N) is 2. The van der Waals surface area contributed by atoms with Crippen LogP contribution >= 0.6 is 0 Å². The van der Waals surface area contributed by atoms with Crippen molar-refractivity contribution >= 4 is 33.0 Å². The van der Waals surface area contributed by atoms with Crippen molar-refractivity contribution < 1.29 is 27.6 Å². The Balaban J connectivity index is 1.93. The molecule has 0 heterocycles. The van der Waals surface area contributed by atoms with Gasteiger partial charge in [0.05, 0.1) is 34.9 Å². The van der Waals surface area contributed by atoms with Gasteiger partial charge in [0, 0.05) is 12.1 Å². The van der Waals surface area contributed by atoms with E-state index in [0.717, 1.165) is 10.4 Å². The number of nitrogens with one attached hydrogen (secondary N) is 1. The number of hydrogen-bond acceptors (Lipinski definition) is 7. The van der Waals surface area contributed by atoms with E-state index in [9.17, 15) is 23.3 Å². The highest BCUT2D eigenvalue weighted by Gasteiger charge is 2.28. The Morgan fingerprint density at radius 3 is 2.32 bits per heavy atom. The van der Waals surface area contributed by atoms with Crippen LogP contribution in [-0.4, -0.2) is 39.5 Å². The normalized spacial score (nSPS) is 10.9. The van der Waals surface area contributed by atoms with Crippen LogP contribution in [0.15, 0.2) is 77.7 Å². The van der Waals surface area contributed by atoms with Gasteiger partial charge in [0.25, 0.3) is 15.7 Å². The first-order valence-corrected chi connectivity index (χ1v) is 11.6. The highest BCUT2D eigenvalue weighted by molar-refractivity contribution is 7.92. The van der Waals surface area contributed by atoms with Gasteiger partial charge in [-0.3, -0.25) is 19.2 Å². The molecule has 0 saturated carbocycles. The van der Waals surface area contributed by atoms with E-state index in [4.69, 9.17) is 9.47 Å². The molecule has 3 aromatic rings. The van der Waals surface area contributed by atoms with E-state index >= 15 is 0 Å². The average Bonchev–Trinajstić information content (AvgIpc) is 2.83. The Morgan fingerprint density at radius 1 is 1.06 bits per heavy atom. The minimum Gasteiger partial charge on any atom is -0.495 e. The van der Waals surface area contributed by atoms with Crippen LogP contribution in [0.3, 0.4) is 0 Å². The maximum Gasteiger partial charge on any atom is 0.271 e. The molecule has 0 aliphatic heterocycles. The molecule has 34 heavy (non-hydrogen) atoms. The molecule has 1 N–H and O–H groups in total. The smallest absolute Gasteiger partial charge is 0.271 e. The third-order valence-electron chi connectivity index (χ3n) is 4.72. The summed E-state index contributed by atoms with van der Waals surface area (Å²) < 4.78 is 38.4. The zero-order chi connectivity index (χ0) is 24.7. The van der Waals surface area contributed by atoms with Crippen LogP contribution in [0.1, 0.15) is 6.92 Å². The van der Waals surface area contributed by atoms with E-state index < -0.39 is 27.4 Å². The Morgan fingerprint density at radius 2 is 1.74 bits per heavy atom. The van der Waals surface area contributed by atoms with Crippen molar-refractivity contribution in [3.05, 3.63) is 82.9 Å². The molecule has 1 amide bonds. The van der Waals surface area contributed by atoms with Crippen LogP contribution in [0.2, 0.25) is 0 Å². The van der Waals surface area contributed by atoms with Gasteiger partial charge >= 0.3 is 0 Å². The molecule has 178 valence electrons. The van der Waals surface area contributed by atoms with Gasteiger partial charge in [-0.15, -0.1) is 0 Å². The first kappa shape index (κ1) is 24.5. The molecule has 0 aliphatic carbocycles. The Hall–Kier alpha value is -4.12. The standard InChI is InChI=1S/C23H23N3O7S/c1-3-33-19-10-12-20(13-11-19)34(30,31)25(17-7-5-4-6-8-17)16-23(27)24-21-15-18(26(28)29)9-14-22(21)32-2/h4-15H,3,16H2,1-2H3,(H,24,27). The van der Waals surface area contributed by atoms with Crippen LogP contribution in [0.4, 0.5) is 17.1 Å². The van der Waals surface area contributed by atoms with Gasteiger partial charge in [0.15, 0.2) is 0 Å². The maximum atomic E-state index is 13.4. The topological polar surface area (TPSA) is 128 Å². The fourth-order valence-electron chi connectivity index (χ4n) is 3.14. The third-order valence-corrected chi connectivity index (χ3v) is 6.51. The maximum absolute atomic E-state index is 13.4. The van der Waals surface area contributed by atoms with Crippen molar-refractivity contribution in [2.24, 2.45) is 0 Å². The predicted octanol–water partition coefficient (Wildman–Crippen LogP) is 3.84. The zero-order valence-electron chi connectivity index (χ0n) is 18.5. The first-order chi connectivity index (χ1) is 16.3. The summed E-state index contributed by atoms with van der Waals surface area (Å²) in [6.45, 7) is 1.67. The molecule has 0 aliphatic rings. The fraction of sp³-hybridized carbons (Fsp3) is 0.174. The number of ether oxygens (including phenoxy) is 2. The molecule has 0 radical (unpaired) electrons. The minimum absolute atomic E-state index is 0.0273. The molecule has 11 heteroatoms. The number of sulfonamides is 1. The van der Waals surface area contributed by atoms with Crippen molar-refractivity contribution in [3.63, 3.8) is 0 Å². The molecule has 3 aromatic carbocycles. The lowest BCUT2D eigenvalue weighted by atomic mass is 10.2. The highest BCUT2D eigenvalue weighted by Crippen LogP contribution is 2.30. The third kappa shape index (κ3) is 5.62. The van der Waals surface area contributed by atoms with Gasteiger partial charge in [-0.05, 0) is 49.4 Å². The van der Waals surface area contributed by atoms with Crippen LogP contribution in [0.5, 0.6) is 11.5 Å². The van der Waals surface area contributed by atoms with Gasteiger partial charge in [0.2, 0.25) is 5.91 Å². The predicted molar refractivity (Wildman–Crippen MR) is 127 cm³/mol. The van der Waals surface area contributed by atoms with Crippen LogP contribution in [0, 0.1) is 10.1 Å². The number of benzene rings is 3. The number of hydrogen-bond donors (Lipinski definition) is 1. The second-order valence-corrected chi connectivity index (χ2v) is 8.80. The van der Waals surface area contributed by atoms with Gasteiger partial charge in [-0.25, -0.2) is 8.42 Å². The van der Waals surface area contributed by atoms with Crippen molar-refractivity contribution in [3.8, 4) is 11.5 Å². The summed E-state index contributed by atoms with van der Waals surface area (Å²) >= 11 is 0. The van der Waals surface area contributed by atoms with E-state index in [1.54, 1.807) is 30.3 Å². The number of para-hydroxylation sites is 1. The number of nitro benzene ring substituents is 1. The molecule has 0 aromatic heterocycles. The summed E-state index contributed by atoms with van der Waals surface area (Å²) in [7, 11) is -2.78. The highest BCUT2D eigenvalue weighted by atomic mass is 32.2. The van der Waals surface area contributed by atoms with E-state index in [-0.39, 0.29) is 27.7 Å². The van der Waals surface area contributed by atoms with E-state index in [1.807, 2.05) is 6.92 Å². The number of nitro groups is 1. The molecular formula is C23H23N3O7S. The van der Waals surface area contributed by atoms with Gasteiger partial charge < -0.3 is 14.8 Å². The average molecular weight is 486 g/mol. The van der Waals surface area contributed by atoms with Gasteiger partial charge in [-0.1, -0.05) is 18.2 Å². The van der Waals surface area contributed by atoms with Crippen molar-refractivity contribution in [1.29, 1.82) is 0 Å². The summed E-state index contributed by atoms with van der Waals surface area (Å²) in [6.07, 6.45) is 0. The number of amides is 1. The number of carbonyl (C=O) groups is 1. The molecular weight excluding hydrogens is 462 g/mol. The molecule has 0 spiro atoms. The molecule has 3 rings (SSSR count). The van der Waals surface area contributed by atoms with E-state index in [0.29, 0.717) is 12.4 Å². The lowest BCUT2D eigenvalue weighted by Crippen LogP contribution is -2.38. The van der Waals surface area contributed by atoms with Gasteiger partial charge in [-0.2, -0.15) is 0 Å². The zero-order valence-corrected chi connectivity index (χ0v) is 19.3. The molecule has 0 saturated heterocycles. The number of carbonyl (C=O) groups excluding carboxylic acids is 1. The largest absolute Gasteiger partial charge is 0.495 e. The Kier molecular flexibility index (Phi) is 7.69. The van der Waals surface area contributed by atoms with Crippen LogP contribution < -0.4 is 19.1 Å². The molecule has 0 atom stereocenters. The molecule has 0 bridgehead atoms. The number of methoxy groups -OCH3 is 1. The van der Waals surface area contributed by atoms with Crippen molar-refractivity contribution in [1.82, 2.24) is 0 Å². The fourth-order valence-corrected chi connectivity index (χ4v) is 4.56. The second kappa shape index (κ2) is 10.7. The quantitative estimate of drug-likeness (QED) is 0.341. The Labute approximate surface area is 196 Å². The molecule has 0 fully saturated rings. The number of rotatable bonds is 10. The minimum atomic E-state index is -4.13. The lowest BCUT2D eigenvalue weighted by molar-refractivity contribution is -0.384. The molecule has 10 nitrogen and oxygen atoms in total. The van der Waals surface area contributed by atoms with Crippen LogP contribution in [-0.2, 0) is 14.8 Å². The Bertz CT molecular complexity index is 1260. The second-order valence-electron chi connectivity index (χ2n) is 6.94. The van der Waals surface area contributed by atoms with Crippen molar-refractivity contribution in [2.45, 2.75) is 11.8 Å². The summed E-state index contributed by atoms with van der Waals surface area (Å²) in [6, 6.07) is 17.7. The molecule has 0 unspecified atom stereocenters. The van der Waals surface area contributed by atoms with E-state index in [1.165, 1.54) is 43.5 Å².